The van der Waals surface area contributed by atoms with Crippen LogP contribution in [0, 0.1) is 6.92 Å². The summed E-state index contributed by atoms with van der Waals surface area (Å²) in [6.07, 6.45) is 0. The van der Waals surface area contributed by atoms with Gasteiger partial charge in [-0.1, -0.05) is 30.3 Å². The zero-order valence-electron chi connectivity index (χ0n) is 11.3. The van der Waals surface area contributed by atoms with E-state index in [1.165, 1.54) is 12.1 Å². The second-order valence-electron chi connectivity index (χ2n) is 4.37. The fourth-order valence-electron chi connectivity index (χ4n) is 1.66. The molecular weight excluding hydrogens is 306 g/mol. The molecule has 2 rings (SSSR count). The van der Waals surface area contributed by atoms with Gasteiger partial charge in [-0.15, -0.1) is 4.83 Å². The Morgan fingerprint density at radius 3 is 2.43 bits per heavy atom. The molecule has 2 aromatic carbocycles. The molecule has 0 aliphatic carbocycles. The number of thiocarbonyl (C=S) groups is 1. The lowest BCUT2D eigenvalue weighted by atomic mass is 10.2. The summed E-state index contributed by atoms with van der Waals surface area (Å²) in [5.41, 5.74) is 4.33. The molecule has 0 saturated carbocycles. The smallest absolute Gasteiger partial charge is 0.257 e. The standard InChI is InChI=1S/C14H15N3O2S2/c1-11-6-5-7-12(10-11)15-14(20)16-17-21(18,19)13-8-3-2-4-9-13/h2-10,17H,1H3,(H2,15,16,20). The highest BCUT2D eigenvalue weighted by Crippen LogP contribution is 2.09. The zero-order valence-corrected chi connectivity index (χ0v) is 13.0. The molecule has 0 fully saturated rings. The third-order valence-electron chi connectivity index (χ3n) is 2.63. The van der Waals surface area contributed by atoms with Gasteiger partial charge < -0.3 is 5.32 Å². The van der Waals surface area contributed by atoms with Crippen molar-refractivity contribution >= 4 is 33.0 Å². The summed E-state index contributed by atoms with van der Waals surface area (Å²) in [7, 11) is -3.64. The summed E-state index contributed by atoms with van der Waals surface area (Å²) in [4.78, 5) is 2.39. The summed E-state index contributed by atoms with van der Waals surface area (Å²) in [5.74, 6) is 0. The van der Waals surface area contributed by atoms with E-state index in [-0.39, 0.29) is 10.0 Å². The number of hydrogen-bond donors (Lipinski definition) is 3. The van der Waals surface area contributed by atoms with Crippen LogP contribution in [0.4, 0.5) is 5.69 Å². The first-order chi connectivity index (χ1) is 9.97. The predicted molar refractivity (Wildman–Crippen MR) is 87.3 cm³/mol. The lowest BCUT2D eigenvalue weighted by molar-refractivity contribution is 0.578. The van der Waals surface area contributed by atoms with E-state index in [2.05, 4.69) is 15.6 Å². The van der Waals surface area contributed by atoms with Crippen LogP contribution in [0.3, 0.4) is 0 Å². The molecule has 7 heteroatoms. The van der Waals surface area contributed by atoms with Gasteiger partial charge in [0.15, 0.2) is 5.11 Å². The number of hydrazine groups is 1. The Kier molecular flexibility index (Phi) is 4.89. The van der Waals surface area contributed by atoms with Crippen molar-refractivity contribution < 1.29 is 8.42 Å². The molecule has 2 aromatic rings. The molecule has 0 aliphatic rings. The van der Waals surface area contributed by atoms with Crippen molar-refractivity contribution in [3.05, 3.63) is 60.2 Å². The molecule has 0 amide bonds. The molecule has 110 valence electrons. The lowest BCUT2D eigenvalue weighted by Gasteiger charge is -2.12. The maximum atomic E-state index is 12.0. The number of aryl methyl sites for hydroxylation is 1. The Bertz CT molecular complexity index is 731. The first kappa shape index (κ1) is 15.4. The SMILES string of the molecule is Cc1cccc(NC(=S)NNS(=O)(=O)c2ccccc2)c1. The highest BCUT2D eigenvalue weighted by molar-refractivity contribution is 7.89. The van der Waals surface area contributed by atoms with E-state index in [0.29, 0.717) is 0 Å². The molecule has 0 spiro atoms. The van der Waals surface area contributed by atoms with E-state index in [4.69, 9.17) is 12.2 Å². The number of benzene rings is 2. The Morgan fingerprint density at radius 2 is 1.76 bits per heavy atom. The highest BCUT2D eigenvalue weighted by Gasteiger charge is 2.13. The van der Waals surface area contributed by atoms with Crippen molar-refractivity contribution in [2.75, 3.05) is 5.32 Å². The number of nitrogens with one attached hydrogen (secondary N) is 3. The average Bonchev–Trinajstić information content (AvgIpc) is 2.46. The molecule has 0 atom stereocenters. The van der Waals surface area contributed by atoms with E-state index >= 15 is 0 Å². The number of rotatable bonds is 4. The molecule has 0 heterocycles. The van der Waals surface area contributed by atoms with Gasteiger partial charge >= 0.3 is 0 Å². The van der Waals surface area contributed by atoms with Crippen LogP contribution in [0.1, 0.15) is 5.56 Å². The molecular formula is C14H15N3O2S2. The monoisotopic (exact) mass is 321 g/mol. The van der Waals surface area contributed by atoms with Gasteiger partial charge in [0.25, 0.3) is 10.0 Å². The number of sulfonamides is 1. The van der Waals surface area contributed by atoms with Crippen LogP contribution >= 0.6 is 12.2 Å². The molecule has 5 nitrogen and oxygen atoms in total. The minimum absolute atomic E-state index is 0.163. The van der Waals surface area contributed by atoms with Gasteiger partial charge in [-0.3, -0.25) is 5.43 Å². The second-order valence-corrected chi connectivity index (χ2v) is 6.46. The van der Waals surface area contributed by atoms with Crippen molar-refractivity contribution in [3.8, 4) is 0 Å². The molecule has 0 bridgehead atoms. The summed E-state index contributed by atoms with van der Waals surface area (Å²) < 4.78 is 24.0. The summed E-state index contributed by atoms with van der Waals surface area (Å²) in [5, 5.41) is 3.07. The normalized spacial score (nSPS) is 10.9. The average molecular weight is 321 g/mol. The fraction of sp³-hybridized carbons (Fsp3) is 0.0714. The van der Waals surface area contributed by atoms with Crippen LogP contribution in [0.5, 0.6) is 0 Å². The van der Waals surface area contributed by atoms with E-state index < -0.39 is 10.0 Å². The van der Waals surface area contributed by atoms with Crippen LogP contribution in [0.15, 0.2) is 59.5 Å². The van der Waals surface area contributed by atoms with Gasteiger partial charge in [-0.2, -0.15) is 0 Å². The molecule has 0 saturated heterocycles. The molecule has 0 aromatic heterocycles. The molecule has 0 unspecified atom stereocenters. The van der Waals surface area contributed by atoms with Crippen molar-refractivity contribution in [1.82, 2.24) is 10.3 Å². The third-order valence-corrected chi connectivity index (χ3v) is 4.10. The molecule has 3 N–H and O–H groups in total. The van der Waals surface area contributed by atoms with Crippen molar-refractivity contribution in [2.45, 2.75) is 11.8 Å². The topological polar surface area (TPSA) is 70.2 Å². The van der Waals surface area contributed by atoms with Gasteiger partial charge in [0.2, 0.25) is 0 Å². The van der Waals surface area contributed by atoms with E-state index in [0.717, 1.165) is 11.3 Å². The number of hydrogen-bond acceptors (Lipinski definition) is 3. The van der Waals surface area contributed by atoms with Gasteiger partial charge in [0.05, 0.1) is 4.90 Å². The Balaban J connectivity index is 1.95. The molecule has 0 radical (unpaired) electrons. The second kappa shape index (κ2) is 6.66. The Morgan fingerprint density at radius 1 is 1.05 bits per heavy atom. The van der Waals surface area contributed by atoms with Crippen molar-refractivity contribution in [2.24, 2.45) is 0 Å². The largest absolute Gasteiger partial charge is 0.332 e. The van der Waals surface area contributed by atoms with Crippen molar-refractivity contribution in [3.63, 3.8) is 0 Å². The van der Waals surface area contributed by atoms with Crippen LogP contribution in [0.25, 0.3) is 0 Å². The Hall–Kier alpha value is -1.96. The maximum absolute atomic E-state index is 12.0. The highest BCUT2D eigenvalue weighted by atomic mass is 32.2. The Labute approximate surface area is 129 Å². The van der Waals surface area contributed by atoms with Gasteiger partial charge in [0, 0.05) is 5.69 Å². The van der Waals surface area contributed by atoms with E-state index in [1.807, 2.05) is 31.2 Å². The lowest BCUT2D eigenvalue weighted by Crippen LogP contribution is -2.43. The van der Waals surface area contributed by atoms with Gasteiger partial charge in [-0.25, -0.2) is 8.42 Å². The molecule has 21 heavy (non-hydrogen) atoms. The van der Waals surface area contributed by atoms with Crippen molar-refractivity contribution in [1.29, 1.82) is 0 Å². The fourth-order valence-corrected chi connectivity index (χ4v) is 2.76. The number of anilines is 1. The maximum Gasteiger partial charge on any atom is 0.257 e. The minimum Gasteiger partial charge on any atom is -0.332 e. The van der Waals surface area contributed by atoms with E-state index in [9.17, 15) is 8.42 Å². The van der Waals surface area contributed by atoms with Gasteiger partial charge in [0.1, 0.15) is 0 Å². The first-order valence-corrected chi connectivity index (χ1v) is 8.07. The van der Waals surface area contributed by atoms with Crippen LogP contribution < -0.4 is 15.6 Å². The quantitative estimate of drug-likeness (QED) is 0.595. The zero-order chi connectivity index (χ0) is 15.3. The predicted octanol–water partition coefficient (Wildman–Crippen LogP) is 2.17. The van der Waals surface area contributed by atoms with E-state index in [1.54, 1.807) is 18.2 Å². The first-order valence-electron chi connectivity index (χ1n) is 6.18. The van der Waals surface area contributed by atoms with Crippen LogP contribution in [-0.4, -0.2) is 13.5 Å². The van der Waals surface area contributed by atoms with Crippen LogP contribution in [0.2, 0.25) is 0 Å². The summed E-state index contributed by atoms with van der Waals surface area (Å²) in [6, 6.07) is 15.6. The third kappa shape index (κ3) is 4.52. The van der Waals surface area contributed by atoms with Crippen LogP contribution in [-0.2, 0) is 10.0 Å². The molecule has 0 aliphatic heterocycles. The minimum atomic E-state index is -3.64. The van der Waals surface area contributed by atoms with Gasteiger partial charge in [-0.05, 0) is 49.0 Å². The summed E-state index contributed by atoms with van der Waals surface area (Å²) in [6.45, 7) is 1.96. The summed E-state index contributed by atoms with van der Waals surface area (Å²) >= 11 is 5.05.